The molecule has 9 nitrogen and oxygen atoms in total. The average Bonchev–Trinajstić information content (AvgIpc) is 2.87. The maximum atomic E-state index is 13.8. The molecule has 0 spiro atoms. The van der Waals surface area contributed by atoms with Crippen molar-refractivity contribution < 1.29 is 27.5 Å². The van der Waals surface area contributed by atoms with Crippen molar-refractivity contribution in [2.45, 2.75) is 59.2 Å². The third-order valence-corrected chi connectivity index (χ3v) is 7.11. The lowest BCUT2D eigenvalue weighted by molar-refractivity contribution is -0.140. The second kappa shape index (κ2) is 13.9. The second-order valence-corrected chi connectivity index (χ2v) is 10.7. The zero-order valence-electron chi connectivity index (χ0n) is 22.6. The van der Waals surface area contributed by atoms with Gasteiger partial charge in [0, 0.05) is 12.6 Å². The van der Waals surface area contributed by atoms with Crippen LogP contribution in [-0.4, -0.2) is 63.7 Å². The zero-order chi connectivity index (χ0) is 27.6. The van der Waals surface area contributed by atoms with E-state index in [9.17, 15) is 18.0 Å². The van der Waals surface area contributed by atoms with Gasteiger partial charge in [0.05, 0.1) is 25.7 Å². The molecule has 0 saturated heterocycles. The number of sulfonamides is 1. The number of anilines is 1. The number of nitrogens with zero attached hydrogens (tertiary/aromatic N) is 2. The first-order valence-corrected chi connectivity index (χ1v) is 14.3. The predicted molar refractivity (Wildman–Crippen MR) is 145 cm³/mol. The molecule has 2 aromatic carbocycles. The van der Waals surface area contributed by atoms with Crippen LogP contribution < -0.4 is 19.1 Å². The number of carbonyl (C=O) groups excluding carboxylic acids is 2. The zero-order valence-corrected chi connectivity index (χ0v) is 23.4. The third kappa shape index (κ3) is 8.38. The molecule has 0 aliphatic heterocycles. The molecule has 1 N–H and O–H groups in total. The number of ether oxygens (including phenoxy) is 2. The van der Waals surface area contributed by atoms with E-state index in [0.717, 1.165) is 22.5 Å². The van der Waals surface area contributed by atoms with Crippen molar-refractivity contribution in [3.05, 3.63) is 54.1 Å². The van der Waals surface area contributed by atoms with Gasteiger partial charge in [-0.25, -0.2) is 8.42 Å². The molecule has 10 heteroatoms. The van der Waals surface area contributed by atoms with Gasteiger partial charge in [0.25, 0.3) is 0 Å². The number of rotatable bonds is 14. The van der Waals surface area contributed by atoms with Crippen molar-refractivity contribution in [3.8, 4) is 11.5 Å². The van der Waals surface area contributed by atoms with Gasteiger partial charge in [0.1, 0.15) is 24.1 Å². The van der Waals surface area contributed by atoms with Gasteiger partial charge in [-0.15, -0.1) is 0 Å². The molecule has 2 unspecified atom stereocenters. The molecular formula is C27H39N3O6S. The van der Waals surface area contributed by atoms with Gasteiger partial charge < -0.3 is 19.7 Å². The predicted octanol–water partition coefficient (Wildman–Crippen LogP) is 3.58. The van der Waals surface area contributed by atoms with E-state index in [-0.39, 0.29) is 24.2 Å². The topological polar surface area (TPSA) is 105 Å². The van der Waals surface area contributed by atoms with E-state index in [4.69, 9.17) is 9.47 Å². The van der Waals surface area contributed by atoms with E-state index in [0.29, 0.717) is 24.5 Å². The van der Waals surface area contributed by atoms with E-state index in [1.807, 2.05) is 26.8 Å². The van der Waals surface area contributed by atoms with Crippen molar-refractivity contribution in [2.75, 3.05) is 30.8 Å². The van der Waals surface area contributed by atoms with Crippen LogP contribution in [0, 0.1) is 0 Å². The molecule has 0 fully saturated rings. The van der Waals surface area contributed by atoms with Crippen LogP contribution >= 0.6 is 0 Å². The Bertz CT molecular complexity index is 1150. The molecule has 0 radical (unpaired) electrons. The summed E-state index contributed by atoms with van der Waals surface area (Å²) in [7, 11) is -2.31. The van der Waals surface area contributed by atoms with Gasteiger partial charge in [0.15, 0.2) is 0 Å². The maximum Gasteiger partial charge on any atom is 0.244 e. The first-order valence-electron chi connectivity index (χ1n) is 12.5. The van der Waals surface area contributed by atoms with Crippen LogP contribution in [0.25, 0.3) is 0 Å². The smallest absolute Gasteiger partial charge is 0.244 e. The first kappa shape index (κ1) is 30.0. The highest BCUT2D eigenvalue weighted by molar-refractivity contribution is 7.92. The molecule has 0 aliphatic carbocycles. The van der Waals surface area contributed by atoms with Crippen LogP contribution in [0.1, 0.15) is 46.1 Å². The highest BCUT2D eigenvalue weighted by Crippen LogP contribution is 2.30. The Labute approximate surface area is 220 Å². The van der Waals surface area contributed by atoms with Crippen LogP contribution in [0.2, 0.25) is 0 Å². The molecular weight excluding hydrogens is 494 g/mol. The standard InChI is InChI=1S/C27H39N3O6S/c1-7-20(4)28-27(32)23(8-2)29(18-21-13-12-14-22(17-21)35-5)26(31)19-30(37(6,33)34)24-15-10-11-16-25(24)36-9-3/h10-17,20,23H,7-9,18-19H2,1-6H3,(H,28,32). The number of amides is 2. The summed E-state index contributed by atoms with van der Waals surface area (Å²) < 4.78 is 37.7. The summed E-state index contributed by atoms with van der Waals surface area (Å²) in [6.45, 7) is 7.43. The molecule has 0 aliphatic rings. The molecule has 2 rings (SSSR count). The van der Waals surface area contributed by atoms with E-state index in [1.54, 1.807) is 56.5 Å². The van der Waals surface area contributed by atoms with Crippen molar-refractivity contribution >= 4 is 27.5 Å². The Morgan fingerprint density at radius 3 is 2.32 bits per heavy atom. The summed E-state index contributed by atoms with van der Waals surface area (Å²) in [5, 5.41) is 2.96. The minimum atomic E-state index is -3.86. The number of hydrogen-bond donors (Lipinski definition) is 1. The summed E-state index contributed by atoms with van der Waals surface area (Å²) in [6, 6.07) is 13.0. The molecule has 0 heterocycles. The number of hydrogen-bond acceptors (Lipinski definition) is 6. The SMILES string of the molecule is CCOc1ccccc1N(CC(=O)N(Cc1cccc(OC)c1)C(CC)C(=O)NC(C)CC)S(C)(=O)=O. The summed E-state index contributed by atoms with van der Waals surface area (Å²) >= 11 is 0. The van der Waals surface area contributed by atoms with Crippen LogP contribution in [0.4, 0.5) is 5.69 Å². The fraction of sp³-hybridized carbons (Fsp3) is 0.481. The van der Waals surface area contributed by atoms with E-state index < -0.39 is 28.5 Å². The lowest BCUT2D eigenvalue weighted by Crippen LogP contribution is -2.53. The molecule has 0 bridgehead atoms. The van der Waals surface area contributed by atoms with E-state index in [1.165, 1.54) is 4.90 Å². The minimum absolute atomic E-state index is 0.0686. The van der Waals surface area contributed by atoms with Crippen LogP contribution in [0.3, 0.4) is 0 Å². The Hall–Kier alpha value is -3.27. The van der Waals surface area contributed by atoms with Crippen LogP contribution in [0.15, 0.2) is 48.5 Å². The second-order valence-electron chi connectivity index (χ2n) is 8.79. The van der Waals surface area contributed by atoms with Crippen molar-refractivity contribution in [1.29, 1.82) is 0 Å². The summed E-state index contributed by atoms with van der Waals surface area (Å²) in [5.74, 6) is 0.175. The lowest BCUT2D eigenvalue weighted by Gasteiger charge is -2.33. The quantitative estimate of drug-likeness (QED) is 0.398. The Kier molecular flexibility index (Phi) is 11.2. The maximum absolute atomic E-state index is 13.8. The van der Waals surface area contributed by atoms with Gasteiger partial charge in [-0.2, -0.15) is 0 Å². The van der Waals surface area contributed by atoms with Crippen LogP contribution in [-0.2, 0) is 26.2 Å². The summed E-state index contributed by atoms with van der Waals surface area (Å²) in [4.78, 5) is 28.5. The summed E-state index contributed by atoms with van der Waals surface area (Å²) in [5.41, 5.74) is 1.02. The molecule has 2 aromatic rings. The van der Waals surface area contributed by atoms with E-state index >= 15 is 0 Å². The molecule has 37 heavy (non-hydrogen) atoms. The monoisotopic (exact) mass is 533 g/mol. The van der Waals surface area contributed by atoms with Crippen molar-refractivity contribution in [1.82, 2.24) is 10.2 Å². The Morgan fingerprint density at radius 2 is 1.73 bits per heavy atom. The minimum Gasteiger partial charge on any atom is -0.497 e. The fourth-order valence-corrected chi connectivity index (χ4v) is 4.72. The van der Waals surface area contributed by atoms with Gasteiger partial charge in [-0.3, -0.25) is 13.9 Å². The van der Waals surface area contributed by atoms with Gasteiger partial charge in [0.2, 0.25) is 21.8 Å². The number of carbonyl (C=O) groups is 2. The Balaban J connectivity index is 2.50. The highest BCUT2D eigenvalue weighted by atomic mass is 32.2. The highest BCUT2D eigenvalue weighted by Gasteiger charge is 2.33. The molecule has 204 valence electrons. The van der Waals surface area contributed by atoms with Gasteiger partial charge in [-0.05, 0) is 56.5 Å². The van der Waals surface area contributed by atoms with Gasteiger partial charge in [-0.1, -0.05) is 38.1 Å². The largest absolute Gasteiger partial charge is 0.497 e. The molecule has 0 aromatic heterocycles. The number of nitrogens with one attached hydrogen (secondary N) is 1. The fourth-order valence-electron chi connectivity index (χ4n) is 3.86. The third-order valence-electron chi connectivity index (χ3n) is 5.99. The average molecular weight is 534 g/mol. The Morgan fingerprint density at radius 1 is 1.03 bits per heavy atom. The molecule has 2 atom stereocenters. The normalized spacial score (nSPS) is 12.8. The molecule has 2 amide bonds. The number of benzene rings is 2. The van der Waals surface area contributed by atoms with Gasteiger partial charge >= 0.3 is 0 Å². The molecule has 0 saturated carbocycles. The van der Waals surface area contributed by atoms with Crippen molar-refractivity contribution in [2.24, 2.45) is 0 Å². The lowest BCUT2D eigenvalue weighted by atomic mass is 10.1. The van der Waals surface area contributed by atoms with E-state index in [2.05, 4.69) is 5.32 Å². The van der Waals surface area contributed by atoms with Crippen molar-refractivity contribution in [3.63, 3.8) is 0 Å². The van der Waals surface area contributed by atoms with Crippen LogP contribution in [0.5, 0.6) is 11.5 Å². The summed E-state index contributed by atoms with van der Waals surface area (Å²) in [6.07, 6.45) is 2.14. The number of methoxy groups -OCH3 is 1. The first-order chi connectivity index (χ1) is 17.5. The number of para-hydroxylation sites is 2.